The Bertz CT molecular complexity index is 892. The number of aromatic hydroxyl groups is 2. The summed E-state index contributed by atoms with van der Waals surface area (Å²) in [6.07, 6.45) is 1.11. The molecule has 4 rings (SSSR count). The summed E-state index contributed by atoms with van der Waals surface area (Å²) in [6, 6.07) is 34.9. The molecular formula is C31H40O2. The van der Waals surface area contributed by atoms with Crippen LogP contribution in [0.3, 0.4) is 0 Å². The number of para-hydroxylation sites is 2. The highest BCUT2D eigenvalue weighted by Crippen LogP contribution is 2.20. The summed E-state index contributed by atoms with van der Waals surface area (Å²) >= 11 is 0. The van der Waals surface area contributed by atoms with Gasteiger partial charge >= 0.3 is 0 Å². The second kappa shape index (κ2) is 19.2. The Morgan fingerprint density at radius 2 is 0.818 bits per heavy atom. The molecule has 0 aliphatic rings. The van der Waals surface area contributed by atoms with Crippen molar-refractivity contribution in [3.63, 3.8) is 0 Å². The Balaban J connectivity index is 0.000000477. The molecule has 0 saturated heterocycles. The summed E-state index contributed by atoms with van der Waals surface area (Å²) < 4.78 is 0. The molecule has 0 heterocycles. The number of benzene rings is 4. The molecule has 2 nitrogen and oxygen atoms in total. The van der Waals surface area contributed by atoms with E-state index in [1.165, 1.54) is 22.3 Å². The van der Waals surface area contributed by atoms with Gasteiger partial charge in [0.1, 0.15) is 11.5 Å². The average Bonchev–Trinajstić information content (AvgIpc) is 2.89. The molecule has 2 heteroatoms. The Labute approximate surface area is 201 Å². The third kappa shape index (κ3) is 13.5. The minimum absolute atomic E-state index is 0.322. The topological polar surface area (TPSA) is 40.5 Å². The van der Waals surface area contributed by atoms with E-state index in [-0.39, 0.29) is 0 Å². The number of phenolic OH excluding ortho intramolecular Hbond substituents is 2. The second-order valence-corrected chi connectivity index (χ2v) is 6.59. The molecule has 2 N–H and O–H groups in total. The molecular weight excluding hydrogens is 404 g/mol. The van der Waals surface area contributed by atoms with Crippen LogP contribution in [0.2, 0.25) is 0 Å². The lowest BCUT2D eigenvalue weighted by atomic mass is 10.0. The van der Waals surface area contributed by atoms with Crippen LogP contribution >= 0.6 is 0 Å². The minimum atomic E-state index is 0.322. The fourth-order valence-electron chi connectivity index (χ4n) is 2.53. The van der Waals surface area contributed by atoms with E-state index in [4.69, 9.17) is 10.2 Å². The first-order valence-electron chi connectivity index (χ1n) is 11.7. The smallest absolute Gasteiger partial charge is 0.115 e. The summed E-state index contributed by atoms with van der Waals surface area (Å²) in [5, 5.41) is 17.3. The van der Waals surface area contributed by atoms with Crippen LogP contribution in [0.25, 0.3) is 11.1 Å². The van der Waals surface area contributed by atoms with Crippen molar-refractivity contribution in [2.24, 2.45) is 0 Å². The van der Waals surface area contributed by atoms with Crippen LogP contribution in [-0.2, 0) is 6.42 Å². The molecule has 0 atom stereocenters. The lowest BCUT2D eigenvalue weighted by molar-refractivity contribution is 0.475. The third-order valence-electron chi connectivity index (χ3n) is 4.26. The highest BCUT2D eigenvalue weighted by molar-refractivity contribution is 5.63. The molecule has 0 fully saturated rings. The van der Waals surface area contributed by atoms with Gasteiger partial charge in [-0.05, 0) is 54.3 Å². The first kappa shape index (κ1) is 29.5. The van der Waals surface area contributed by atoms with Crippen LogP contribution in [0.4, 0.5) is 0 Å². The predicted molar refractivity (Wildman–Crippen MR) is 145 cm³/mol. The summed E-state index contributed by atoms with van der Waals surface area (Å²) in [5.41, 5.74) is 5.30. The third-order valence-corrected chi connectivity index (χ3v) is 4.26. The lowest BCUT2D eigenvalue weighted by Crippen LogP contribution is -1.81. The van der Waals surface area contributed by atoms with E-state index in [2.05, 4.69) is 62.4 Å². The predicted octanol–water partition coefficient (Wildman–Crippen LogP) is 9.06. The molecule has 0 amide bonds. The molecule has 0 spiro atoms. The van der Waals surface area contributed by atoms with Crippen LogP contribution in [0.15, 0.2) is 109 Å². The van der Waals surface area contributed by atoms with Crippen LogP contribution < -0.4 is 0 Å². The average molecular weight is 445 g/mol. The monoisotopic (exact) mass is 444 g/mol. The van der Waals surface area contributed by atoms with Crippen molar-refractivity contribution in [1.29, 1.82) is 0 Å². The van der Waals surface area contributed by atoms with Crippen molar-refractivity contribution >= 4 is 0 Å². The van der Waals surface area contributed by atoms with Crippen molar-refractivity contribution in [1.82, 2.24) is 0 Å². The van der Waals surface area contributed by atoms with Crippen molar-refractivity contribution in [2.45, 2.75) is 48.0 Å². The van der Waals surface area contributed by atoms with Gasteiger partial charge in [0, 0.05) is 0 Å². The van der Waals surface area contributed by atoms with Crippen molar-refractivity contribution in [2.75, 3.05) is 0 Å². The van der Waals surface area contributed by atoms with E-state index in [0.717, 1.165) is 6.42 Å². The molecule has 0 aliphatic carbocycles. The van der Waals surface area contributed by atoms with Gasteiger partial charge in [-0.2, -0.15) is 0 Å². The van der Waals surface area contributed by atoms with E-state index >= 15 is 0 Å². The van der Waals surface area contributed by atoms with Gasteiger partial charge in [0.15, 0.2) is 0 Å². The Morgan fingerprint density at radius 1 is 0.485 bits per heavy atom. The number of rotatable bonds is 2. The summed E-state index contributed by atoms with van der Waals surface area (Å²) in [6.45, 7) is 12.3. The Hall–Kier alpha value is -3.52. The van der Waals surface area contributed by atoms with E-state index in [9.17, 15) is 0 Å². The zero-order valence-electron chi connectivity index (χ0n) is 21.0. The summed E-state index contributed by atoms with van der Waals surface area (Å²) in [4.78, 5) is 0. The van der Waals surface area contributed by atoms with E-state index < -0.39 is 0 Å². The SMILES string of the molecule is CC.CC.CCc1ccc(-c2ccc(C)cc2)cc1.Oc1ccccc1.Oc1ccccc1. The van der Waals surface area contributed by atoms with Crippen LogP contribution in [0, 0.1) is 6.92 Å². The standard InChI is InChI=1S/C15H16.2C6H6O.2C2H6/c1-3-13-6-10-15(11-7-13)14-8-4-12(2)5-9-14;2*7-6-4-2-1-3-5-6;2*1-2/h4-11H,3H2,1-2H3;2*1-5,7H;2*1-2H3. The Morgan fingerprint density at radius 3 is 1.09 bits per heavy atom. The van der Waals surface area contributed by atoms with Crippen molar-refractivity contribution < 1.29 is 10.2 Å². The van der Waals surface area contributed by atoms with Gasteiger partial charge < -0.3 is 10.2 Å². The molecule has 0 aromatic heterocycles. The molecule has 0 bridgehead atoms. The normalized spacial score (nSPS) is 8.67. The number of phenols is 2. The van der Waals surface area contributed by atoms with Crippen molar-refractivity contribution in [3.8, 4) is 22.6 Å². The lowest BCUT2D eigenvalue weighted by Gasteiger charge is -2.03. The Kier molecular flexibility index (Phi) is 17.1. The van der Waals surface area contributed by atoms with Crippen LogP contribution in [0.5, 0.6) is 11.5 Å². The van der Waals surface area contributed by atoms with Gasteiger partial charge in [-0.1, -0.05) is 125 Å². The quantitative estimate of drug-likeness (QED) is 0.324. The largest absolute Gasteiger partial charge is 0.508 e. The fraction of sp³-hybridized carbons (Fsp3) is 0.226. The molecule has 0 saturated carbocycles. The first-order chi connectivity index (χ1) is 16.1. The van der Waals surface area contributed by atoms with Gasteiger partial charge in [-0.25, -0.2) is 0 Å². The van der Waals surface area contributed by atoms with Gasteiger partial charge in [-0.15, -0.1) is 0 Å². The zero-order valence-corrected chi connectivity index (χ0v) is 21.0. The number of hydrogen-bond acceptors (Lipinski definition) is 2. The van der Waals surface area contributed by atoms with E-state index in [0.29, 0.717) is 11.5 Å². The molecule has 176 valence electrons. The van der Waals surface area contributed by atoms with Gasteiger partial charge in [-0.3, -0.25) is 0 Å². The molecule has 4 aromatic carbocycles. The fourth-order valence-corrected chi connectivity index (χ4v) is 2.53. The maximum atomic E-state index is 8.63. The van der Waals surface area contributed by atoms with Gasteiger partial charge in [0.25, 0.3) is 0 Å². The van der Waals surface area contributed by atoms with E-state index in [1.54, 1.807) is 48.5 Å². The van der Waals surface area contributed by atoms with Gasteiger partial charge in [0.05, 0.1) is 0 Å². The second-order valence-electron chi connectivity index (χ2n) is 6.59. The molecule has 0 unspecified atom stereocenters. The molecule has 0 aliphatic heterocycles. The maximum Gasteiger partial charge on any atom is 0.115 e. The molecule has 33 heavy (non-hydrogen) atoms. The molecule has 0 radical (unpaired) electrons. The zero-order chi connectivity index (χ0) is 24.9. The van der Waals surface area contributed by atoms with E-state index in [1.807, 2.05) is 39.8 Å². The minimum Gasteiger partial charge on any atom is -0.508 e. The number of hydrogen-bond donors (Lipinski definition) is 2. The van der Waals surface area contributed by atoms with Crippen molar-refractivity contribution in [3.05, 3.63) is 120 Å². The summed E-state index contributed by atoms with van der Waals surface area (Å²) in [5.74, 6) is 0.644. The first-order valence-corrected chi connectivity index (χ1v) is 11.7. The maximum absolute atomic E-state index is 8.63. The highest BCUT2D eigenvalue weighted by atomic mass is 16.3. The summed E-state index contributed by atoms with van der Waals surface area (Å²) in [7, 11) is 0. The van der Waals surface area contributed by atoms with Crippen LogP contribution in [-0.4, -0.2) is 10.2 Å². The molecule has 4 aromatic rings. The highest BCUT2D eigenvalue weighted by Gasteiger charge is 1.96. The van der Waals surface area contributed by atoms with Crippen LogP contribution in [0.1, 0.15) is 45.7 Å². The number of aryl methyl sites for hydroxylation is 2. The van der Waals surface area contributed by atoms with Gasteiger partial charge in [0.2, 0.25) is 0 Å².